The molecular weight excluding hydrogens is 160 g/mol. The number of aliphatic hydroxyl groups is 1. The van der Waals surface area contributed by atoms with Gasteiger partial charge in [0.25, 0.3) is 0 Å². The van der Waals surface area contributed by atoms with E-state index >= 15 is 0 Å². The lowest BCUT2D eigenvalue weighted by Gasteiger charge is -2.04. The lowest BCUT2D eigenvalue weighted by molar-refractivity contribution is 0.300. The third-order valence-electron chi connectivity index (χ3n) is 1.12. The molecule has 0 amide bonds. The van der Waals surface area contributed by atoms with Gasteiger partial charge in [-0.15, -0.1) is 0 Å². The summed E-state index contributed by atoms with van der Waals surface area (Å²) in [7, 11) is 0. The van der Waals surface area contributed by atoms with Gasteiger partial charge in [-0.3, -0.25) is 4.98 Å². The maximum atomic E-state index is 8.73. The van der Waals surface area contributed by atoms with Gasteiger partial charge in [-0.2, -0.15) is 0 Å². The van der Waals surface area contributed by atoms with Gasteiger partial charge in [0.2, 0.25) is 0 Å². The molecule has 0 aliphatic carbocycles. The van der Waals surface area contributed by atoms with E-state index in [1.165, 1.54) is 11.8 Å². The van der Waals surface area contributed by atoms with Crippen LogP contribution < -0.4 is 0 Å². The summed E-state index contributed by atoms with van der Waals surface area (Å²) in [5, 5.41) is 9.77. The van der Waals surface area contributed by atoms with E-state index in [1.807, 2.05) is 6.92 Å². The highest BCUT2D eigenvalue weighted by Crippen LogP contribution is 2.18. The quantitative estimate of drug-likeness (QED) is 0.686. The van der Waals surface area contributed by atoms with Crippen LogP contribution >= 0.6 is 11.8 Å². The molecule has 0 aliphatic rings. The number of nitrogens with zero attached hydrogens (tertiary/aromatic N) is 2. The molecule has 0 aromatic carbocycles. The zero-order valence-electron chi connectivity index (χ0n) is 6.27. The van der Waals surface area contributed by atoms with E-state index in [9.17, 15) is 0 Å². The second-order valence-electron chi connectivity index (χ2n) is 2.15. The fourth-order valence-corrected chi connectivity index (χ4v) is 1.32. The van der Waals surface area contributed by atoms with Crippen molar-refractivity contribution in [1.29, 1.82) is 0 Å². The van der Waals surface area contributed by atoms with Crippen LogP contribution in [0.1, 0.15) is 6.92 Å². The van der Waals surface area contributed by atoms with Gasteiger partial charge in [0, 0.05) is 17.6 Å². The SMILES string of the molecule is CC(CO)Sc1cnccn1. The molecule has 11 heavy (non-hydrogen) atoms. The van der Waals surface area contributed by atoms with Crippen molar-refractivity contribution in [2.75, 3.05) is 6.61 Å². The molecule has 0 spiro atoms. The van der Waals surface area contributed by atoms with Gasteiger partial charge < -0.3 is 5.11 Å². The van der Waals surface area contributed by atoms with Gasteiger partial charge >= 0.3 is 0 Å². The Bertz CT molecular complexity index is 205. The predicted octanol–water partition coefficient (Wildman–Crippen LogP) is 0.950. The van der Waals surface area contributed by atoms with E-state index in [-0.39, 0.29) is 11.9 Å². The standard InChI is InChI=1S/C7H10N2OS/c1-6(5-10)11-7-4-8-2-3-9-7/h2-4,6,10H,5H2,1H3. The third-order valence-corrected chi connectivity index (χ3v) is 2.12. The summed E-state index contributed by atoms with van der Waals surface area (Å²) in [6, 6.07) is 0. The Kier molecular flexibility index (Phi) is 3.32. The van der Waals surface area contributed by atoms with E-state index in [4.69, 9.17) is 5.11 Å². The monoisotopic (exact) mass is 170 g/mol. The first kappa shape index (κ1) is 8.49. The minimum atomic E-state index is 0.168. The lowest BCUT2D eigenvalue weighted by atomic mass is 10.5. The van der Waals surface area contributed by atoms with Crippen LogP contribution in [0, 0.1) is 0 Å². The molecule has 1 aromatic rings. The Morgan fingerprint density at radius 3 is 3.00 bits per heavy atom. The zero-order chi connectivity index (χ0) is 8.10. The van der Waals surface area contributed by atoms with Crippen LogP contribution in [0.2, 0.25) is 0 Å². The number of thioether (sulfide) groups is 1. The normalized spacial score (nSPS) is 12.9. The maximum Gasteiger partial charge on any atom is 0.115 e. The van der Waals surface area contributed by atoms with E-state index in [1.54, 1.807) is 18.6 Å². The molecule has 1 N–H and O–H groups in total. The zero-order valence-corrected chi connectivity index (χ0v) is 7.08. The fraction of sp³-hybridized carbons (Fsp3) is 0.429. The number of hydrogen-bond acceptors (Lipinski definition) is 4. The molecule has 1 rings (SSSR count). The summed E-state index contributed by atoms with van der Waals surface area (Å²) >= 11 is 1.52. The average Bonchev–Trinajstić information content (AvgIpc) is 2.06. The lowest BCUT2D eigenvalue weighted by Crippen LogP contribution is -2.01. The molecule has 1 heterocycles. The molecule has 3 nitrogen and oxygen atoms in total. The average molecular weight is 170 g/mol. The van der Waals surface area contributed by atoms with Gasteiger partial charge in [-0.05, 0) is 0 Å². The van der Waals surface area contributed by atoms with Crippen LogP contribution in [-0.2, 0) is 0 Å². The maximum absolute atomic E-state index is 8.73. The van der Waals surface area contributed by atoms with E-state index in [0.717, 1.165) is 5.03 Å². The Morgan fingerprint density at radius 2 is 2.45 bits per heavy atom. The van der Waals surface area contributed by atoms with Crippen molar-refractivity contribution in [2.45, 2.75) is 17.2 Å². The van der Waals surface area contributed by atoms with Crippen LogP contribution in [0.4, 0.5) is 0 Å². The van der Waals surface area contributed by atoms with Crippen molar-refractivity contribution in [3.8, 4) is 0 Å². The summed E-state index contributed by atoms with van der Waals surface area (Å²) < 4.78 is 0. The molecule has 1 atom stereocenters. The Balaban J connectivity index is 2.51. The van der Waals surface area contributed by atoms with Gasteiger partial charge in [0.15, 0.2) is 0 Å². The van der Waals surface area contributed by atoms with Crippen molar-refractivity contribution in [1.82, 2.24) is 9.97 Å². The number of rotatable bonds is 3. The number of aliphatic hydroxyl groups excluding tert-OH is 1. The van der Waals surface area contributed by atoms with Gasteiger partial charge in [0.05, 0.1) is 12.8 Å². The summed E-state index contributed by atoms with van der Waals surface area (Å²) in [6.45, 7) is 2.11. The molecule has 1 unspecified atom stereocenters. The van der Waals surface area contributed by atoms with E-state index in [0.29, 0.717) is 0 Å². The predicted molar refractivity (Wildman–Crippen MR) is 44.4 cm³/mol. The first-order valence-electron chi connectivity index (χ1n) is 3.36. The molecule has 0 saturated heterocycles. The second-order valence-corrected chi connectivity index (χ2v) is 3.61. The van der Waals surface area contributed by atoms with Gasteiger partial charge in [-0.1, -0.05) is 18.7 Å². The highest BCUT2D eigenvalue weighted by molar-refractivity contribution is 7.99. The molecule has 1 aromatic heterocycles. The largest absolute Gasteiger partial charge is 0.395 e. The van der Waals surface area contributed by atoms with Crippen LogP contribution in [0.15, 0.2) is 23.6 Å². The minimum Gasteiger partial charge on any atom is -0.395 e. The van der Waals surface area contributed by atoms with E-state index in [2.05, 4.69) is 9.97 Å². The second kappa shape index (κ2) is 4.31. The minimum absolute atomic E-state index is 0.168. The topological polar surface area (TPSA) is 46.0 Å². The fourth-order valence-electron chi connectivity index (χ4n) is 0.590. The molecular formula is C7H10N2OS. The van der Waals surface area contributed by atoms with Gasteiger partial charge in [-0.25, -0.2) is 4.98 Å². The van der Waals surface area contributed by atoms with Crippen LogP contribution in [0.5, 0.6) is 0 Å². The highest BCUT2D eigenvalue weighted by Gasteiger charge is 2.02. The van der Waals surface area contributed by atoms with Crippen LogP contribution in [0.3, 0.4) is 0 Å². The van der Waals surface area contributed by atoms with Crippen molar-refractivity contribution in [3.63, 3.8) is 0 Å². The molecule has 0 bridgehead atoms. The molecule has 0 aliphatic heterocycles. The summed E-state index contributed by atoms with van der Waals surface area (Å²) in [6.07, 6.45) is 4.97. The van der Waals surface area contributed by atoms with Crippen molar-refractivity contribution in [3.05, 3.63) is 18.6 Å². The molecule has 0 fully saturated rings. The van der Waals surface area contributed by atoms with Gasteiger partial charge in [0.1, 0.15) is 5.03 Å². The Labute approximate surface area is 69.9 Å². The molecule has 0 saturated carbocycles. The first-order chi connectivity index (χ1) is 5.33. The van der Waals surface area contributed by atoms with Crippen molar-refractivity contribution in [2.24, 2.45) is 0 Å². The van der Waals surface area contributed by atoms with Crippen LogP contribution in [-0.4, -0.2) is 26.9 Å². The third kappa shape index (κ3) is 2.86. The van der Waals surface area contributed by atoms with Crippen molar-refractivity contribution >= 4 is 11.8 Å². The highest BCUT2D eigenvalue weighted by atomic mass is 32.2. The van der Waals surface area contributed by atoms with Crippen LogP contribution in [0.25, 0.3) is 0 Å². The van der Waals surface area contributed by atoms with Crippen molar-refractivity contribution < 1.29 is 5.11 Å². The summed E-state index contributed by atoms with van der Waals surface area (Å²) in [4.78, 5) is 7.96. The molecule has 0 radical (unpaired) electrons. The number of aromatic nitrogens is 2. The summed E-state index contributed by atoms with van der Waals surface area (Å²) in [5.74, 6) is 0. The summed E-state index contributed by atoms with van der Waals surface area (Å²) in [5.41, 5.74) is 0. The molecule has 4 heteroatoms. The smallest absolute Gasteiger partial charge is 0.115 e. The first-order valence-corrected chi connectivity index (χ1v) is 4.24. The Hall–Kier alpha value is -0.610. The van der Waals surface area contributed by atoms with E-state index < -0.39 is 0 Å². The Morgan fingerprint density at radius 1 is 1.64 bits per heavy atom. The number of hydrogen-bond donors (Lipinski definition) is 1. The molecule has 60 valence electrons.